The van der Waals surface area contributed by atoms with Gasteiger partial charge < -0.3 is 9.84 Å². The molecular formula is C28H34N2O3. The molecule has 2 aromatic rings. The van der Waals surface area contributed by atoms with Gasteiger partial charge in [-0.1, -0.05) is 44.2 Å². The van der Waals surface area contributed by atoms with E-state index < -0.39 is 5.97 Å². The molecule has 3 unspecified atom stereocenters. The lowest BCUT2D eigenvalue weighted by Gasteiger charge is -2.49. The number of hydrogen-bond donors (Lipinski definition) is 1. The zero-order valence-corrected chi connectivity index (χ0v) is 19.7. The molecule has 1 N–H and O–H groups in total. The van der Waals surface area contributed by atoms with Gasteiger partial charge in [-0.25, -0.2) is 0 Å². The molecule has 0 radical (unpaired) electrons. The number of fused-ring (bicyclic) bond motifs is 4. The Kier molecular flexibility index (Phi) is 6.00. The van der Waals surface area contributed by atoms with Gasteiger partial charge in [0.05, 0.1) is 0 Å². The summed E-state index contributed by atoms with van der Waals surface area (Å²) < 4.78 is 6.19. The second-order valence-electron chi connectivity index (χ2n) is 10.3. The van der Waals surface area contributed by atoms with Crippen molar-refractivity contribution in [2.75, 3.05) is 19.6 Å². The van der Waals surface area contributed by atoms with Gasteiger partial charge in [0, 0.05) is 24.7 Å². The number of carbonyl (C=O) groups is 1. The third-order valence-corrected chi connectivity index (χ3v) is 8.13. The van der Waals surface area contributed by atoms with Crippen LogP contribution >= 0.6 is 0 Å². The predicted molar refractivity (Wildman–Crippen MR) is 130 cm³/mol. The predicted octanol–water partition coefficient (Wildman–Crippen LogP) is 4.92. The van der Waals surface area contributed by atoms with Gasteiger partial charge in [-0.2, -0.15) is 0 Å². The molecule has 1 saturated heterocycles. The Labute approximate surface area is 196 Å². The first-order valence-electron chi connectivity index (χ1n) is 12.2. The molecule has 5 nitrogen and oxygen atoms in total. The van der Waals surface area contributed by atoms with Gasteiger partial charge in [-0.15, -0.1) is 0 Å². The molecule has 174 valence electrons. The van der Waals surface area contributed by atoms with E-state index in [4.69, 9.17) is 4.74 Å². The van der Waals surface area contributed by atoms with Crippen molar-refractivity contribution < 1.29 is 14.6 Å². The summed E-state index contributed by atoms with van der Waals surface area (Å²) in [5.74, 6) is 1.27. The second kappa shape index (κ2) is 8.94. The lowest BCUT2D eigenvalue weighted by molar-refractivity contribution is -0.135. The van der Waals surface area contributed by atoms with Crippen LogP contribution in [0.2, 0.25) is 0 Å². The highest BCUT2D eigenvalue weighted by molar-refractivity contribution is 6.04. The molecule has 2 fully saturated rings. The maximum absolute atomic E-state index is 11.3. The Morgan fingerprint density at radius 1 is 1.21 bits per heavy atom. The number of aliphatic carboxylic acids is 1. The molecule has 33 heavy (non-hydrogen) atoms. The summed E-state index contributed by atoms with van der Waals surface area (Å²) >= 11 is 0. The number of benzene rings is 2. The lowest BCUT2D eigenvalue weighted by atomic mass is 9.65. The van der Waals surface area contributed by atoms with Gasteiger partial charge in [-0.05, 0) is 77.9 Å². The maximum atomic E-state index is 11.3. The first-order valence-corrected chi connectivity index (χ1v) is 12.2. The number of ether oxygens (including phenoxy) is 1. The molecule has 2 aromatic carbocycles. The Bertz CT molecular complexity index is 1050. The number of piperidine rings is 1. The van der Waals surface area contributed by atoms with Crippen molar-refractivity contribution >= 4 is 11.7 Å². The monoisotopic (exact) mass is 446 g/mol. The third kappa shape index (κ3) is 4.56. The molecule has 5 heteroatoms. The topological polar surface area (TPSA) is 62.1 Å². The highest BCUT2D eigenvalue weighted by Gasteiger charge is 2.48. The standard InChI is InChI=1S/C28H34N2O3/c1-19-26-15-25(29-16-27(31)32)23-11-10-22(33-18-21-6-4-3-5-7-21)14-24(23)28(19,2)12-13-30(26)17-20-8-9-20/h3-7,10-11,14,19-20,26H,8-9,12-13,15-18H2,1-2H3,(H,31,32). The van der Waals surface area contributed by atoms with Crippen molar-refractivity contribution in [3.63, 3.8) is 0 Å². The Balaban J connectivity index is 1.50. The SMILES string of the molecule is CC1C2CC(=NCC(=O)O)c3ccc(OCc4ccccc4)cc3C1(C)CCN2CC1CC1. The van der Waals surface area contributed by atoms with Crippen LogP contribution < -0.4 is 4.74 Å². The van der Waals surface area contributed by atoms with Crippen LogP contribution in [0.1, 0.15) is 56.2 Å². The molecule has 2 aliphatic carbocycles. The summed E-state index contributed by atoms with van der Waals surface area (Å²) in [6.07, 6.45) is 4.60. The highest BCUT2D eigenvalue weighted by Crippen LogP contribution is 2.49. The Morgan fingerprint density at radius 2 is 2.00 bits per heavy atom. The quantitative estimate of drug-likeness (QED) is 0.656. The number of hydrogen-bond acceptors (Lipinski definition) is 4. The van der Waals surface area contributed by atoms with Crippen LogP contribution in [0.15, 0.2) is 53.5 Å². The summed E-state index contributed by atoms with van der Waals surface area (Å²) in [5, 5.41) is 9.32. The fourth-order valence-electron chi connectivity index (χ4n) is 5.75. The average molecular weight is 447 g/mol. The first-order chi connectivity index (χ1) is 15.9. The fourth-order valence-corrected chi connectivity index (χ4v) is 5.75. The van der Waals surface area contributed by atoms with Crippen molar-refractivity contribution in [3.8, 4) is 5.75 Å². The zero-order valence-electron chi connectivity index (χ0n) is 19.7. The van der Waals surface area contributed by atoms with E-state index in [0.717, 1.165) is 47.9 Å². The van der Waals surface area contributed by atoms with Crippen LogP contribution in [0.4, 0.5) is 0 Å². The zero-order chi connectivity index (χ0) is 23.0. The van der Waals surface area contributed by atoms with Gasteiger partial charge in [0.1, 0.15) is 18.9 Å². The number of likely N-dealkylation sites (tertiary alicyclic amines) is 1. The highest BCUT2D eigenvalue weighted by atomic mass is 16.5. The molecule has 1 saturated carbocycles. The van der Waals surface area contributed by atoms with Crippen molar-refractivity contribution in [2.24, 2.45) is 16.8 Å². The van der Waals surface area contributed by atoms with Crippen LogP contribution in [-0.4, -0.2) is 47.4 Å². The summed E-state index contributed by atoms with van der Waals surface area (Å²) in [7, 11) is 0. The van der Waals surface area contributed by atoms with E-state index in [0.29, 0.717) is 18.6 Å². The molecule has 0 amide bonds. The van der Waals surface area contributed by atoms with Crippen LogP contribution in [0.5, 0.6) is 5.75 Å². The van der Waals surface area contributed by atoms with E-state index in [1.54, 1.807) is 0 Å². The van der Waals surface area contributed by atoms with Crippen LogP contribution in [-0.2, 0) is 16.8 Å². The Hall–Kier alpha value is -2.66. The van der Waals surface area contributed by atoms with E-state index in [2.05, 4.69) is 48.0 Å². The van der Waals surface area contributed by atoms with E-state index in [9.17, 15) is 9.90 Å². The van der Waals surface area contributed by atoms with Gasteiger partial charge >= 0.3 is 5.97 Å². The summed E-state index contributed by atoms with van der Waals surface area (Å²) in [4.78, 5) is 18.6. The molecule has 0 aromatic heterocycles. The minimum atomic E-state index is -0.881. The first kappa shape index (κ1) is 22.1. The van der Waals surface area contributed by atoms with Gasteiger partial charge in [0.25, 0.3) is 0 Å². The molecule has 2 bridgehead atoms. The summed E-state index contributed by atoms with van der Waals surface area (Å²) in [5.41, 5.74) is 4.45. The Morgan fingerprint density at radius 3 is 2.73 bits per heavy atom. The molecule has 3 aliphatic rings. The van der Waals surface area contributed by atoms with E-state index in [1.807, 2.05) is 24.3 Å². The van der Waals surface area contributed by atoms with E-state index >= 15 is 0 Å². The van der Waals surface area contributed by atoms with Crippen molar-refractivity contribution in [3.05, 3.63) is 65.2 Å². The van der Waals surface area contributed by atoms with Gasteiger partial charge in [0.15, 0.2) is 0 Å². The average Bonchev–Trinajstić information content (AvgIpc) is 3.64. The summed E-state index contributed by atoms with van der Waals surface area (Å²) in [6, 6.07) is 16.9. The molecule has 5 rings (SSSR count). The fraction of sp³-hybridized carbons (Fsp3) is 0.500. The normalized spacial score (nSPS) is 28.2. The molecule has 1 heterocycles. The van der Waals surface area contributed by atoms with Gasteiger partial charge in [-0.3, -0.25) is 14.7 Å². The largest absolute Gasteiger partial charge is 0.489 e. The van der Waals surface area contributed by atoms with Gasteiger partial charge in [0.2, 0.25) is 0 Å². The van der Waals surface area contributed by atoms with Crippen molar-refractivity contribution in [1.82, 2.24) is 4.90 Å². The second-order valence-corrected chi connectivity index (χ2v) is 10.3. The number of carboxylic acids is 1. The number of nitrogens with zero attached hydrogens (tertiary/aromatic N) is 2. The van der Waals surface area contributed by atoms with Crippen LogP contribution in [0.25, 0.3) is 0 Å². The number of carboxylic acid groups (broad SMARTS) is 1. The molecule has 1 aliphatic heterocycles. The van der Waals surface area contributed by atoms with E-state index in [1.165, 1.54) is 24.9 Å². The smallest absolute Gasteiger partial charge is 0.325 e. The maximum Gasteiger partial charge on any atom is 0.325 e. The van der Waals surface area contributed by atoms with Crippen LogP contribution in [0.3, 0.4) is 0 Å². The number of rotatable bonds is 7. The summed E-state index contributed by atoms with van der Waals surface area (Å²) in [6.45, 7) is 7.37. The van der Waals surface area contributed by atoms with E-state index in [-0.39, 0.29) is 12.0 Å². The lowest BCUT2D eigenvalue weighted by Crippen LogP contribution is -2.54. The third-order valence-electron chi connectivity index (χ3n) is 8.13. The minimum Gasteiger partial charge on any atom is -0.489 e. The van der Waals surface area contributed by atoms with Crippen LogP contribution in [0, 0.1) is 11.8 Å². The van der Waals surface area contributed by atoms with Crippen molar-refractivity contribution in [1.29, 1.82) is 0 Å². The number of aliphatic imine (C=N–C) groups is 1. The molecule has 0 spiro atoms. The molecule has 3 atom stereocenters. The molecular weight excluding hydrogens is 412 g/mol. The van der Waals surface area contributed by atoms with Crippen molar-refractivity contribution in [2.45, 2.75) is 57.6 Å². The minimum absolute atomic E-state index is 0.00661.